The van der Waals surface area contributed by atoms with Crippen molar-refractivity contribution in [2.75, 3.05) is 0 Å². The van der Waals surface area contributed by atoms with Crippen molar-refractivity contribution in [2.45, 2.75) is 25.8 Å². The molecule has 1 aromatic carbocycles. The molecule has 2 rings (SSSR count). The number of nitrogens with two attached hydrogens (primary N) is 1. The van der Waals surface area contributed by atoms with E-state index in [2.05, 4.69) is 10.1 Å². The Balaban J connectivity index is 2.33. The number of aromatic hydroxyl groups is 1. The van der Waals surface area contributed by atoms with E-state index in [1.165, 1.54) is 0 Å². The lowest BCUT2D eigenvalue weighted by Crippen LogP contribution is -2.32. The van der Waals surface area contributed by atoms with Crippen molar-refractivity contribution in [2.24, 2.45) is 5.73 Å². The van der Waals surface area contributed by atoms with E-state index in [0.717, 1.165) is 5.56 Å². The fourth-order valence-corrected chi connectivity index (χ4v) is 1.33. The molecule has 1 unspecified atom stereocenters. The highest BCUT2D eigenvalue weighted by molar-refractivity contribution is 5.55. The molecule has 0 aliphatic heterocycles. The van der Waals surface area contributed by atoms with Crippen LogP contribution in [0.4, 0.5) is 0 Å². The number of benzene rings is 1. The molecule has 5 heteroatoms. The third kappa shape index (κ3) is 2.29. The summed E-state index contributed by atoms with van der Waals surface area (Å²) in [6, 6.07) is 6.60. The van der Waals surface area contributed by atoms with Crippen LogP contribution in [0.15, 0.2) is 28.8 Å². The van der Waals surface area contributed by atoms with Crippen molar-refractivity contribution >= 4 is 0 Å². The molecule has 90 valence electrons. The van der Waals surface area contributed by atoms with E-state index in [1.54, 1.807) is 24.3 Å². The zero-order valence-electron chi connectivity index (χ0n) is 9.84. The molecular formula is C12H15N3O2. The second-order valence-electron chi connectivity index (χ2n) is 4.24. The minimum absolute atomic E-state index is 0.203. The molecule has 0 aliphatic rings. The summed E-state index contributed by atoms with van der Waals surface area (Å²) in [6.07, 6.45) is 0.713. The first-order valence-corrected chi connectivity index (χ1v) is 5.45. The molecule has 0 bridgehead atoms. The van der Waals surface area contributed by atoms with Crippen LogP contribution < -0.4 is 5.73 Å². The number of phenolic OH excluding ortho intramolecular Hbond substituents is 1. The predicted octanol–water partition coefficient (Wildman–Crippen LogP) is 2.03. The quantitative estimate of drug-likeness (QED) is 0.847. The first-order valence-electron chi connectivity index (χ1n) is 5.45. The van der Waals surface area contributed by atoms with E-state index in [1.807, 2.05) is 13.8 Å². The maximum Gasteiger partial charge on any atom is 0.246 e. The summed E-state index contributed by atoms with van der Waals surface area (Å²) in [5, 5.41) is 13.1. The Morgan fingerprint density at radius 1 is 1.35 bits per heavy atom. The third-order valence-electron chi connectivity index (χ3n) is 2.77. The van der Waals surface area contributed by atoms with Gasteiger partial charge in [0, 0.05) is 5.56 Å². The Hall–Kier alpha value is -1.88. The summed E-state index contributed by atoms with van der Waals surface area (Å²) in [5.41, 5.74) is 6.19. The lowest BCUT2D eigenvalue weighted by atomic mass is 10.0. The Morgan fingerprint density at radius 3 is 2.59 bits per heavy atom. The van der Waals surface area contributed by atoms with Crippen LogP contribution in [0.5, 0.6) is 5.75 Å². The molecule has 1 heterocycles. The van der Waals surface area contributed by atoms with Crippen LogP contribution in [0.25, 0.3) is 11.4 Å². The van der Waals surface area contributed by atoms with Gasteiger partial charge in [-0.25, -0.2) is 0 Å². The van der Waals surface area contributed by atoms with Gasteiger partial charge < -0.3 is 15.4 Å². The van der Waals surface area contributed by atoms with E-state index < -0.39 is 5.54 Å². The highest BCUT2D eigenvalue weighted by atomic mass is 16.5. The van der Waals surface area contributed by atoms with Crippen LogP contribution in [0, 0.1) is 0 Å². The van der Waals surface area contributed by atoms with Crippen molar-refractivity contribution < 1.29 is 9.63 Å². The number of hydrogen-bond donors (Lipinski definition) is 2. The largest absolute Gasteiger partial charge is 0.508 e. The van der Waals surface area contributed by atoms with Gasteiger partial charge in [0.25, 0.3) is 0 Å². The zero-order chi connectivity index (χ0) is 12.5. The third-order valence-corrected chi connectivity index (χ3v) is 2.77. The van der Waals surface area contributed by atoms with E-state index in [4.69, 9.17) is 10.3 Å². The van der Waals surface area contributed by atoms with Crippen molar-refractivity contribution in [3.8, 4) is 17.1 Å². The summed E-state index contributed by atoms with van der Waals surface area (Å²) in [7, 11) is 0. The van der Waals surface area contributed by atoms with Crippen LogP contribution >= 0.6 is 0 Å². The maximum atomic E-state index is 9.19. The molecule has 17 heavy (non-hydrogen) atoms. The van der Waals surface area contributed by atoms with Gasteiger partial charge in [0.15, 0.2) is 0 Å². The standard InChI is InChI=1S/C12H15N3O2/c1-3-12(2,13)11-14-10(15-17-11)8-4-6-9(16)7-5-8/h4-7,16H,3,13H2,1-2H3. The van der Waals surface area contributed by atoms with Crippen molar-refractivity contribution in [3.63, 3.8) is 0 Å². The topological polar surface area (TPSA) is 85.2 Å². The van der Waals surface area contributed by atoms with Gasteiger partial charge in [-0.15, -0.1) is 0 Å². The van der Waals surface area contributed by atoms with Crippen molar-refractivity contribution in [3.05, 3.63) is 30.2 Å². The molecule has 0 fully saturated rings. The molecule has 0 spiro atoms. The van der Waals surface area contributed by atoms with Gasteiger partial charge in [-0.1, -0.05) is 12.1 Å². The summed E-state index contributed by atoms with van der Waals surface area (Å²) in [5.74, 6) is 1.10. The molecule has 0 aliphatic carbocycles. The molecule has 5 nitrogen and oxygen atoms in total. The van der Waals surface area contributed by atoms with Gasteiger partial charge in [-0.05, 0) is 37.6 Å². The first-order chi connectivity index (χ1) is 8.03. The average molecular weight is 233 g/mol. The van der Waals surface area contributed by atoms with Gasteiger partial charge in [0.2, 0.25) is 11.7 Å². The molecule has 3 N–H and O–H groups in total. The Morgan fingerprint density at radius 2 is 2.00 bits per heavy atom. The number of hydrogen-bond acceptors (Lipinski definition) is 5. The molecule has 2 aromatic rings. The second kappa shape index (κ2) is 4.18. The van der Waals surface area contributed by atoms with Crippen LogP contribution in [-0.4, -0.2) is 15.2 Å². The highest BCUT2D eigenvalue weighted by Crippen LogP contribution is 2.24. The normalized spacial score (nSPS) is 14.5. The Bertz CT molecular complexity index is 503. The number of nitrogens with zero attached hydrogens (tertiary/aromatic N) is 2. The summed E-state index contributed by atoms with van der Waals surface area (Å²) in [4.78, 5) is 4.27. The van der Waals surface area contributed by atoms with Crippen LogP contribution in [-0.2, 0) is 5.54 Å². The lowest BCUT2D eigenvalue weighted by molar-refractivity contribution is 0.291. The van der Waals surface area contributed by atoms with Gasteiger partial charge in [-0.3, -0.25) is 0 Å². The molecule has 0 radical (unpaired) electrons. The average Bonchev–Trinajstić information content (AvgIpc) is 2.80. The van der Waals surface area contributed by atoms with Gasteiger partial charge in [0.1, 0.15) is 5.75 Å². The Kier molecular flexibility index (Phi) is 2.85. The van der Waals surface area contributed by atoms with E-state index in [-0.39, 0.29) is 5.75 Å². The minimum atomic E-state index is -0.609. The molecular weight excluding hydrogens is 218 g/mol. The highest BCUT2D eigenvalue weighted by Gasteiger charge is 2.26. The summed E-state index contributed by atoms with van der Waals surface area (Å²) < 4.78 is 5.16. The second-order valence-corrected chi connectivity index (χ2v) is 4.24. The molecule has 1 atom stereocenters. The van der Waals surface area contributed by atoms with E-state index >= 15 is 0 Å². The van der Waals surface area contributed by atoms with Crippen molar-refractivity contribution in [1.29, 1.82) is 0 Å². The van der Waals surface area contributed by atoms with Gasteiger partial charge in [0.05, 0.1) is 5.54 Å². The minimum Gasteiger partial charge on any atom is -0.508 e. The van der Waals surface area contributed by atoms with Gasteiger partial charge in [-0.2, -0.15) is 4.98 Å². The van der Waals surface area contributed by atoms with Crippen LogP contribution in [0.3, 0.4) is 0 Å². The fourth-order valence-electron chi connectivity index (χ4n) is 1.33. The molecule has 0 amide bonds. The smallest absolute Gasteiger partial charge is 0.246 e. The van der Waals surface area contributed by atoms with Crippen molar-refractivity contribution in [1.82, 2.24) is 10.1 Å². The fraction of sp³-hybridized carbons (Fsp3) is 0.333. The monoisotopic (exact) mass is 233 g/mol. The van der Waals surface area contributed by atoms with Crippen LogP contribution in [0.1, 0.15) is 26.2 Å². The lowest BCUT2D eigenvalue weighted by Gasteiger charge is -2.16. The summed E-state index contributed by atoms with van der Waals surface area (Å²) in [6.45, 7) is 3.81. The summed E-state index contributed by atoms with van der Waals surface area (Å²) >= 11 is 0. The molecule has 0 saturated carbocycles. The molecule has 0 saturated heterocycles. The first kappa shape index (κ1) is 11.6. The SMILES string of the molecule is CCC(C)(N)c1nc(-c2ccc(O)cc2)no1. The van der Waals surface area contributed by atoms with E-state index in [0.29, 0.717) is 18.1 Å². The Labute approximate surface area is 99.3 Å². The molecule has 1 aromatic heterocycles. The number of rotatable bonds is 3. The van der Waals surface area contributed by atoms with E-state index in [9.17, 15) is 5.11 Å². The maximum absolute atomic E-state index is 9.19. The number of phenols is 1. The number of aromatic nitrogens is 2. The predicted molar refractivity (Wildman–Crippen MR) is 63.2 cm³/mol. The zero-order valence-corrected chi connectivity index (χ0v) is 9.84. The van der Waals surface area contributed by atoms with Gasteiger partial charge >= 0.3 is 0 Å². The van der Waals surface area contributed by atoms with Crippen LogP contribution in [0.2, 0.25) is 0 Å².